The standard InChI is InChI=1S/C11H15FO4/c12-8-2-1-7(6-14)9(5-8)11(16)10(15)3-4-13/h1-2,5,10-11,13-16H,3-4,6H2. The van der Waals surface area contributed by atoms with Gasteiger partial charge in [-0.1, -0.05) is 6.07 Å². The Labute approximate surface area is 92.6 Å². The van der Waals surface area contributed by atoms with Crippen molar-refractivity contribution in [2.75, 3.05) is 6.61 Å². The Morgan fingerprint density at radius 3 is 2.44 bits per heavy atom. The zero-order valence-corrected chi connectivity index (χ0v) is 8.67. The molecule has 0 aromatic heterocycles. The second-order valence-corrected chi connectivity index (χ2v) is 3.53. The fraction of sp³-hybridized carbons (Fsp3) is 0.455. The van der Waals surface area contributed by atoms with Crippen LogP contribution in [0.3, 0.4) is 0 Å². The van der Waals surface area contributed by atoms with Gasteiger partial charge in [-0.3, -0.25) is 0 Å². The number of halogens is 1. The van der Waals surface area contributed by atoms with Crippen molar-refractivity contribution < 1.29 is 24.8 Å². The predicted octanol–water partition coefficient (Wildman–Crippen LogP) is 0.0947. The molecule has 0 aliphatic carbocycles. The van der Waals surface area contributed by atoms with Crippen molar-refractivity contribution in [3.05, 3.63) is 35.1 Å². The number of aliphatic hydroxyl groups excluding tert-OH is 4. The van der Waals surface area contributed by atoms with Gasteiger partial charge >= 0.3 is 0 Å². The van der Waals surface area contributed by atoms with E-state index in [1.807, 2.05) is 0 Å². The summed E-state index contributed by atoms with van der Waals surface area (Å²) in [6.45, 7) is -0.624. The summed E-state index contributed by atoms with van der Waals surface area (Å²) in [5.74, 6) is -0.553. The van der Waals surface area contributed by atoms with Crippen LogP contribution < -0.4 is 0 Å². The Morgan fingerprint density at radius 2 is 1.88 bits per heavy atom. The molecular formula is C11H15FO4. The number of aliphatic hydroxyl groups is 4. The second-order valence-electron chi connectivity index (χ2n) is 3.53. The summed E-state index contributed by atoms with van der Waals surface area (Å²) in [7, 11) is 0. The first-order valence-electron chi connectivity index (χ1n) is 4.96. The van der Waals surface area contributed by atoms with Gasteiger partial charge in [0, 0.05) is 6.61 Å². The molecule has 1 aromatic rings. The molecule has 1 aromatic carbocycles. The molecule has 0 heterocycles. The molecule has 4 nitrogen and oxygen atoms in total. The summed E-state index contributed by atoms with van der Waals surface area (Å²) in [6, 6.07) is 3.58. The minimum absolute atomic E-state index is 0.0114. The maximum atomic E-state index is 13.0. The highest BCUT2D eigenvalue weighted by molar-refractivity contribution is 5.30. The van der Waals surface area contributed by atoms with E-state index in [9.17, 15) is 14.6 Å². The van der Waals surface area contributed by atoms with Gasteiger partial charge < -0.3 is 20.4 Å². The summed E-state index contributed by atoms with van der Waals surface area (Å²) in [4.78, 5) is 0. The summed E-state index contributed by atoms with van der Waals surface area (Å²) in [5, 5.41) is 36.8. The molecule has 90 valence electrons. The molecular weight excluding hydrogens is 215 g/mol. The Hall–Kier alpha value is -1.01. The van der Waals surface area contributed by atoms with Gasteiger partial charge in [0.1, 0.15) is 11.9 Å². The van der Waals surface area contributed by atoms with E-state index >= 15 is 0 Å². The van der Waals surface area contributed by atoms with Crippen LogP contribution in [-0.2, 0) is 6.61 Å². The number of rotatable bonds is 5. The molecule has 0 amide bonds. The third-order valence-corrected chi connectivity index (χ3v) is 2.39. The molecule has 4 N–H and O–H groups in total. The fourth-order valence-corrected chi connectivity index (χ4v) is 1.48. The summed E-state index contributed by atoms with van der Waals surface area (Å²) < 4.78 is 13.0. The third kappa shape index (κ3) is 2.99. The molecule has 1 rings (SSSR count). The molecule has 2 unspecified atom stereocenters. The van der Waals surface area contributed by atoms with Crippen molar-refractivity contribution in [2.45, 2.75) is 25.2 Å². The van der Waals surface area contributed by atoms with Crippen molar-refractivity contribution in [3.8, 4) is 0 Å². The summed E-state index contributed by atoms with van der Waals surface area (Å²) >= 11 is 0. The first-order valence-corrected chi connectivity index (χ1v) is 4.96. The largest absolute Gasteiger partial charge is 0.396 e. The number of hydrogen-bond donors (Lipinski definition) is 4. The van der Waals surface area contributed by atoms with Crippen LogP contribution in [0.4, 0.5) is 4.39 Å². The molecule has 0 aliphatic rings. The average molecular weight is 230 g/mol. The summed E-state index contributed by atoms with van der Waals surface area (Å²) in [5.41, 5.74) is 0.495. The number of benzene rings is 1. The van der Waals surface area contributed by atoms with E-state index in [2.05, 4.69) is 0 Å². The molecule has 0 fully saturated rings. The zero-order valence-electron chi connectivity index (χ0n) is 8.67. The number of hydrogen-bond acceptors (Lipinski definition) is 4. The summed E-state index contributed by atoms with van der Waals surface area (Å²) in [6.07, 6.45) is -2.51. The molecule has 0 saturated carbocycles. The maximum Gasteiger partial charge on any atom is 0.123 e. The topological polar surface area (TPSA) is 80.9 Å². The van der Waals surface area contributed by atoms with Crippen LogP contribution in [0.1, 0.15) is 23.7 Å². The van der Waals surface area contributed by atoms with Gasteiger partial charge in [0.25, 0.3) is 0 Å². The Balaban J connectivity index is 2.96. The van der Waals surface area contributed by atoms with E-state index in [1.54, 1.807) is 0 Å². The van der Waals surface area contributed by atoms with Gasteiger partial charge in [-0.25, -0.2) is 4.39 Å². The lowest BCUT2D eigenvalue weighted by molar-refractivity contribution is 0.00310. The molecule has 0 aliphatic heterocycles. The average Bonchev–Trinajstić information content (AvgIpc) is 2.28. The van der Waals surface area contributed by atoms with Gasteiger partial charge in [-0.15, -0.1) is 0 Å². The lowest BCUT2D eigenvalue weighted by atomic mass is 9.97. The van der Waals surface area contributed by atoms with E-state index in [4.69, 9.17) is 10.2 Å². The second kappa shape index (κ2) is 5.91. The monoisotopic (exact) mass is 230 g/mol. The van der Waals surface area contributed by atoms with E-state index < -0.39 is 18.0 Å². The lowest BCUT2D eigenvalue weighted by Crippen LogP contribution is -2.21. The van der Waals surface area contributed by atoms with Crippen LogP contribution in [0.5, 0.6) is 0 Å². The molecule has 5 heteroatoms. The van der Waals surface area contributed by atoms with Crippen LogP contribution in [0.2, 0.25) is 0 Å². The van der Waals surface area contributed by atoms with Gasteiger partial charge in [-0.2, -0.15) is 0 Å². The lowest BCUT2D eigenvalue weighted by Gasteiger charge is -2.19. The maximum absolute atomic E-state index is 13.0. The van der Waals surface area contributed by atoms with E-state index in [0.717, 1.165) is 6.07 Å². The normalized spacial score (nSPS) is 14.8. The molecule has 2 atom stereocenters. The third-order valence-electron chi connectivity index (χ3n) is 2.39. The smallest absolute Gasteiger partial charge is 0.123 e. The minimum Gasteiger partial charge on any atom is -0.396 e. The van der Waals surface area contributed by atoms with Crippen molar-refractivity contribution >= 4 is 0 Å². The van der Waals surface area contributed by atoms with Crippen molar-refractivity contribution in [1.82, 2.24) is 0 Å². The molecule has 16 heavy (non-hydrogen) atoms. The quantitative estimate of drug-likeness (QED) is 0.578. The fourth-order valence-electron chi connectivity index (χ4n) is 1.48. The van der Waals surface area contributed by atoms with E-state index in [-0.39, 0.29) is 25.2 Å². The van der Waals surface area contributed by atoms with Crippen molar-refractivity contribution in [3.63, 3.8) is 0 Å². The Morgan fingerprint density at radius 1 is 1.19 bits per heavy atom. The van der Waals surface area contributed by atoms with Gasteiger partial charge in [0.15, 0.2) is 0 Å². The molecule has 0 spiro atoms. The van der Waals surface area contributed by atoms with Gasteiger partial charge in [-0.05, 0) is 29.7 Å². The van der Waals surface area contributed by atoms with Crippen LogP contribution in [0.15, 0.2) is 18.2 Å². The van der Waals surface area contributed by atoms with Crippen LogP contribution in [-0.4, -0.2) is 33.1 Å². The van der Waals surface area contributed by atoms with E-state index in [0.29, 0.717) is 5.56 Å². The van der Waals surface area contributed by atoms with Gasteiger partial charge in [0.2, 0.25) is 0 Å². The van der Waals surface area contributed by atoms with Crippen molar-refractivity contribution in [2.24, 2.45) is 0 Å². The molecule has 0 radical (unpaired) electrons. The van der Waals surface area contributed by atoms with Crippen LogP contribution in [0.25, 0.3) is 0 Å². The Kier molecular flexibility index (Phi) is 4.82. The first kappa shape index (κ1) is 13.1. The molecule has 0 saturated heterocycles. The van der Waals surface area contributed by atoms with Crippen LogP contribution in [0, 0.1) is 5.82 Å². The Bertz CT molecular complexity index is 343. The van der Waals surface area contributed by atoms with Crippen LogP contribution >= 0.6 is 0 Å². The minimum atomic E-state index is -1.31. The first-order chi connectivity index (χ1) is 7.60. The SMILES string of the molecule is OCCC(O)C(O)c1cc(F)ccc1CO. The highest BCUT2D eigenvalue weighted by Crippen LogP contribution is 2.23. The molecule has 0 bridgehead atoms. The highest BCUT2D eigenvalue weighted by Gasteiger charge is 2.20. The predicted molar refractivity (Wildman–Crippen MR) is 55.0 cm³/mol. The van der Waals surface area contributed by atoms with Gasteiger partial charge in [0.05, 0.1) is 12.7 Å². The van der Waals surface area contributed by atoms with Crippen molar-refractivity contribution in [1.29, 1.82) is 0 Å². The highest BCUT2D eigenvalue weighted by atomic mass is 19.1. The zero-order chi connectivity index (χ0) is 12.1. The van der Waals surface area contributed by atoms with E-state index in [1.165, 1.54) is 12.1 Å².